The quantitative estimate of drug-likeness (QED) is 0.483. The van der Waals surface area contributed by atoms with Crippen molar-refractivity contribution in [2.24, 2.45) is 0 Å². The third-order valence-corrected chi connectivity index (χ3v) is 1.64. The molecule has 0 aliphatic carbocycles. The topological polar surface area (TPSA) is 35.8 Å². The van der Waals surface area contributed by atoms with Gasteiger partial charge in [-0.1, -0.05) is 0 Å². The fourth-order valence-electron chi connectivity index (χ4n) is 0.966. The summed E-state index contributed by atoms with van der Waals surface area (Å²) in [4.78, 5) is 0. The second kappa shape index (κ2) is 2.65. The van der Waals surface area contributed by atoms with Crippen LogP contribution in [0.2, 0.25) is 0 Å². The van der Waals surface area contributed by atoms with Gasteiger partial charge in [-0.3, -0.25) is 0 Å². The van der Waals surface area contributed by atoms with Crippen LogP contribution in [0.3, 0.4) is 0 Å². The molecule has 0 unspecified atom stereocenters. The van der Waals surface area contributed by atoms with E-state index in [0.29, 0.717) is 0 Å². The molecule has 0 saturated carbocycles. The van der Waals surface area contributed by atoms with Gasteiger partial charge >= 0.3 is 0 Å². The first-order valence-electron chi connectivity index (χ1n) is 3.14. The monoisotopic (exact) mass is 122 g/mol. The first-order chi connectivity index (χ1) is 4.34. The van der Waals surface area contributed by atoms with Gasteiger partial charge in [-0.25, -0.2) is 0 Å². The molecular formula is C7H10N2. The van der Waals surface area contributed by atoms with E-state index in [9.17, 15) is 0 Å². The maximum Gasteiger partial charge on any atom is 0.0944 e. The molecule has 1 fully saturated rings. The number of nitrogens with zero attached hydrogens (tertiary/aromatic N) is 1. The van der Waals surface area contributed by atoms with E-state index in [2.05, 4.69) is 11.4 Å². The van der Waals surface area contributed by atoms with Crippen molar-refractivity contribution in [2.45, 2.75) is 13.3 Å². The van der Waals surface area contributed by atoms with Gasteiger partial charge in [-0.2, -0.15) is 5.26 Å². The molecule has 1 aliphatic rings. The molecule has 1 aliphatic heterocycles. The summed E-state index contributed by atoms with van der Waals surface area (Å²) in [5, 5.41) is 11.6. The second-order valence-electron chi connectivity index (χ2n) is 2.27. The third-order valence-electron chi connectivity index (χ3n) is 1.64. The summed E-state index contributed by atoms with van der Waals surface area (Å²) in [6, 6.07) is 2.15. The van der Waals surface area contributed by atoms with Crippen molar-refractivity contribution < 1.29 is 0 Å². The van der Waals surface area contributed by atoms with Gasteiger partial charge in [-0.05, 0) is 25.5 Å². The Morgan fingerprint density at radius 2 is 2.56 bits per heavy atom. The van der Waals surface area contributed by atoms with Crippen molar-refractivity contribution in [3.8, 4) is 6.07 Å². The summed E-state index contributed by atoms with van der Waals surface area (Å²) in [6.45, 7) is 3.83. The first-order valence-corrected chi connectivity index (χ1v) is 3.14. The number of hydrogen-bond acceptors (Lipinski definition) is 2. The van der Waals surface area contributed by atoms with Crippen LogP contribution in [-0.2, 0) is 0 Å². The summed E-state index contributed by atoms with van der Waals surface area (Å²) < 4.78 is 0. The molecule has 0 aromatic heterocycles. The molecule has 0 spiro atoms. The summed E-state index contributed by atoms with van der Waals surface area (Å²) in [5.41, 5.74) is 2.16. The van der Waals surface area contributed by atoms with E-state index in [1.807, 2.05) is 6.92 Å². The molecule has 48 valence electrons. The van der Waals surface area contributed by atoms with Gasteiger partial charge in [0.1, 0.15) is 0 Å². The lowest BCUT2D eigenvalue weighted by atomic mass is 10.1. The van der Waals surface area contributed by atoms with Gasteiger partial charge in [0.2, 0.25) is 0 Å². The highest BCUT2D eigenvalue weighted by atomic mass is 14.9. The molecule has 0 aromatic carbocycles. The van der Waals surface area contributed by atoms with Crippen LogP contribution < -0.4 is 5.32 Å². The van der Waals surface area contributed by atoms with E-state index in [1.165, 1.54) is 5.57 Å². The van der Waals surface area contributed by atoms with Crippen molar-refractivity contribution in [2.75, 3.05) is 13.1 Å². The van der Waals surface area contributed by atoms with Crippen molar-refractivity contribution in [1.82, 2.24) is 5.32 Å². The van der Waals surface area contributed by atoms with Crippen molar-refractivity contribution in [1.29, 1.82) is 5.26 Å². The Bertz CT molecular complexity index is 166. The summed E-state index contributed by atoms with van der Waals surface area (Å²) in [5.74, 6) is 0. The van der Waals surface area contributed by atoms with Crippen LogP contribution in [0.15, 0.2) is 11.1 Å². The molecule has 1 heterocycles. The highest BCUT2D eigenvalue weighted by molar-refractivity contribution is 5.28. The molecule has 2 nitrogen and oxygen atoms in total. The number of allylic oxidation sites excluding steroid dienone is 1. The zero-order valence-corrected chi connectivity index (χ0v) is 5.57. The van der Waals surface area contributed by atoms with E-state index in [4.69, 9.17) is 5.26 Å². The SMILES string of the molecule is C/C(C#N)=C1\CCNC1. The zero-order valence-electron chi connectivity index (χ0n) is 5.57. The molecule has 0 aromatic rings. The summed E-state index contributed by atoms with van der Waals surface area (Å²) >= 11 is 0. The second-order valence-corrected chi connectivity index (χ2v) is 2.27. The average Bonchev–Trinajstić information content (AvgIpc) is 2.37. The molecule has 0 bridgehead atoms. The van der Waals surface area contributed by atoms with Crippen LogP contribution in [0, 0.1) is 11.3 Å². The van der Waals surface area contributed by atoms with Gasteiger partial charge in [0, 0.05) is 12.1 Å². The molecule has 0 atom stereocenters. The number of nitrogens with one attached hydrogen (secondary N) is 1. The maximum absolute atomic E-state index is 8.46. The Hall–Kier alpha value is -0.810. The molecular weight excluding hydrogens is 112 g/mol. The van der Waals surface area contributed by atoms with Crippen molar-refractivity contribution >= 4 is 0 Å². The molecule has 0 radical (unpaired) electrons. The fourth-order valence-corrected chi connectivity index (χ4v) is 0.966. The van der Waals surface area contributed by atoms with E-state index in [1.54, 1.807) is 0 Å². The zero-order chi connectivity index (χ0) is 6.69. The van der Waals surface area contributed by atoms with Crippen LogP contribution in [0.5, 0.6) is 0 Å². The highest BCUT2D eigenvalue weighted by Crippen LogP contribution is 2.10. The molecule has 2 heteroatoms. The van der Waals surface area contributed by atoms with Gasteiger partial charge in [0.15, 0.2) is 0 Å². The minimum atomic E-state index is 0.889. The van der Waals surface area contributed by atoms with Crippen LogP contribution in [0.1, 0.15) is 13.3 Å². The van der Waals surface area contributed by atoms with Crippen LogP contribution in [0.25, 0.3) is 0 Å². The van der Waals surface area contributed by atoms with Gasteiger partial charge in [0.05, 0.1) is 6.07 Å². The predicted octanol–water partition coefficient (Wildman–Crippen LogP) is 0.820. The van der Waals surface area contributed by atoms with Crippen LogP contribution in [0.4, 0.5) is 0 Å². The Morgan fingerprint density at radius 3 is 3.00 bits per heavy atom. The summed E-state index contributed by atoms with van der Waals surface area (Å²) in [6.07, 6.45) is 1.05. The Morgan fingerprint density at radius 1 is 1.78 bits per heavy atom. The minimum Gasteiger partial charge on any atom is -0.313 e. The number of hydrogen-bond donors (Lipinski definition) is 1. The lowest BCUT2D eigenvalue weighted by Crippen LogP contribution is -2.04. The molecule has 1 rings (SSSR count). The Labute approximate surface area is 55.2 Å². The van der Waals surface area contributed by atoms with Gasteiger partial charge in [-0.15, -0.1) is 0 Å². The van der Waals surface area contributed by atoms with Crippen LogP contribution in [-0.4, -0.2) is 13.1 Å². The summed E-state index contributed by atoms with van der Waals surface area (Å²) in [7, 11) is 0. The van der Waals surface area contributed by atoms with Crippen molar-refractivity contribution in [3.63, 3.8) is 0 Å². The lowest BCUT2D eigenvalue weighted by Gasteiger charge is -1.92. The molecule has 0 amide bonds. The fraction of sp³-hybridized carbons (Fsp3) is 0.571. The maximum atomic E-state index is 8.46. The lowest BCUT2D eigenvalue weighted by molar-refractivity contribution is 0.862. The van der Waals surface area contributed by atoms with Crippen molar-refractivity contribution in [3.05, 3.63) is 11.1 Å². The van der Waals surface area contributed by atoms with E-state index >= 15 is 0 Å². The molecule has 1 saturated heterocycles. The smallest absolute Gasteiger partial charge is 0.0944 e. The standard InChI is InChI=1S/C7H10N2/c1-6(4-8)7-2-3-9-5-7/h9H,2-3,5H2,1H3/b7-6-. The normalized spacial score (nSPS) is 23.6. The minimum absolute atomic E-state index is 0.889. The molecule has 1 N–H and O–H groups in total. The molecule has 9 heavy (non-hydrogen) atoms. The average molecular weight is 122 g/mol. The highest BCUT2D eigenvalue weighted by Gasteiger charge is 2.07. The van der Waals surface area contributed by atoms with E-state index < -0.39 is 0 Å². The number of nitriles is 1. The Kier molecular flexibility index (Phi) is 1.86. The van der Waals surface area contributed by atoms with Crippen LogP contribution >= 0.6 is 0 Å². The number of rotatable bonds is 0. The third kappa shape index (κ3) is 1.30. The van der Waals surface area contributed by atoms with E-state index in [-0.39, 0.29) is 0 Å². The Balaban J connectivity index is 2.70. The van der Waals surface area contributed by atoms with Gasteiger partial charge in [0.25, 0.3) is 0 Å². The van der Waals surface area contributed by atoms with Gasteiger partial charge < -0.3 is 5.32 Å². The first kappa shape index (κ1) is 6.31. The largest absolute Gasteiger partial charge is 0.313 e. The predicted molar refractivity (Wildman–Crippen MR) is 35.8 cm³/mol. The van der Waals surface area contributed by atoms with E-state index in [0.717, 1.165) is 25.1 Å².